The summed E-state index contributed by atoms with van der Waals surface area (Å²) in [6.07, 6.45) is 5.32. The van der Waals surface area contributed by atoms with Gasteiger partial charge in [-0.15, -0.1) is 0 Å². The molecule has 0 spiro atoms. The number of rotatable bonds is 6. The van der Waals surface area contributed by atoms with Crippen LogP contribution in [0.5, 0.6) is 5.75 Å². The average molecular weight is 338 g/mol. The van der Waals surface area contributed by atoms with Gasteiger partial charge in [0.25, 0.3) is 0 Å². The molecule has 1 unspecified atom stereocenters. The maximum absolute atomic E-state index is 5.94. The summed E-state index contributed by atoms with van der Waals surface area (Å²) in [7, 11) is 1.99. The van der Waals surface area contributed by atoms with Gasteiger partial charge in [0.05, 0.1) is 11.1 Å². The van der Waals surface area contributed by atoms with E-state index in [-0.39, 0.29) is 6.04 Å². The third-order valence-electron chi connectivity index (χ3n) is 3.08. The van der Waals surface area contributed by atoms with Crippen LogP contribution in [0.25, 0.3) is 0 Å². The van der Waals surface area contributed by atoms with Crippen molar-refractivity contribution in [3.8, 4) is 5.75 Å². The van der Waals surface area contributed by atoms with Gasteiger partial charge < -0.3 is 15.0 Å². The van der Waals surface area contributed by atoms with E-state index in [2.05, 4.69) is 27.0 Å². The molecule has 0 radical (unpaired) electrons. The first-order valence-electron chi connectivity index (χ1n) is 6.70. The van der Waals surface area contributed by atoms with E-state index in [4.69, 9.17) is 10.5 Å². The van der Waals surface area contributed by atoms with Crippen molar-refractivity contribution in [3.63, 3.8) is 0 Å². The Bertz CT molecular complexity index is 566. The van der Waals surface area contributed by atoms with Crippen LogP contribution in [0, 0.1) is 0 Å². The number of ether oxygens (including phenoxy) is 1. The average Bonchev–Trinajstić information content (AvgIpc) is 2.78. The summed E-state index contributed by atoms with van der Waals surface area (Å²) in [5, 5.41) is 0. The number of aromatic nitrogens is 2. The van der Waals surface area contributed by atoms with E-state index in [0.717, 1.165) is 34.5 Å². The molecule has 108 valence electrons. The van der Waals surface area contributed by atoms with E-state index < -0.39 is 0 Å². The molecule has 2 aromatic rings. The highest BCUT2D eigenvalue weighted by molar-refractivity contribution is 9.10. The summed E-state index contributed by atoms with van der Waals surface area (Å²) in [5.74, 6) is 1.91. The van der Waals surface area contributed by atoms with Gasteiger partial charge in [-0.05, 0) is 40.9 Å². The molecular weight excluding hydrogens is 318 g/mol. The molecule has 0 fully saturated rings. The number of imidazole rings is 1. The van der Waals surface area contributed by atoms with Crippen LogP contribution in [0.1, 0.15) is 18.3 Å². The van der Waals surface area contributed by atoms with Crippen molar-refractivity contribution in [2.24, 2.45) is 12.8 Å². The minimum absolute atomic E-state index is 0.112. The minimum Gasteiger partial charge on any atom is -0.492 e. The molecule has 2 N–H and O–H groups in total. The van der Waals surface area contributed by atoms with E-state index in [9.17, 15) is 0 Å². The molecule has 20 heavy (non-hydrogen) atoms. The Morgan fingerprint density at radius 1 is 1.45 bits per heavy atom. The quantitative estimate of drug-likeness (QED) is 0.881. The molecule has 0 aliphatic heterocycles. The summed E-state index contributed by atoms with van der Waals surface area (Å²) in [4.78, 5) is 4.29. The van der Waals surface area contributed by atoms with E-state index >= 15 is 0 Å². The van der Waals surface area contributed by atoms with Crippen molar-refractivity contribution in [1.82, 2.24) is 9.55 Å². The molecule has 1 heterocycles. The standard InChI is InChI=1S/C15H20BrN3O/c1-11(17)10-12-4-3-5-13(16)15(12)20-9-6-14-18-7-8-19(14)2/h3-5,7-8,11H,6,9-10,17H2,1-2H3. The highest BCUT2D eigenvalue weighted by Crippen LogP contribution is 2.30. The number of hydrogen-bond acceptors (Lipinski definition) is 3. The maximum atomic E-state index is 5.94. The number of nitrogens with two attached hydrogens (primary N) is 1. The monoisotopic (exact) mass is 337 g/mol. The molecular formula is C15H20BrN3O. The Balaban J connectivity index is 2.03. The molecule has 2 rings (SSSR count). The van der Waals surface area contributed by atoms with Crippen molar-refractivity contribution in [2.75, 3.05) is 6.61 Å². The molecule has 0 saturated carbocycles. The lowest BCUT2D eigenvalue weighted by atomic mass is 10.1. The van der Waals surface area contributed by atoms with Crippen LogP contribution in [0.15, 0.2) is 35.1 Å². The summed E-state index contributed by atoms with van der Waals surface area (Å²) >= 11 is 3.54. The number of hydrogen-bond donors (Lipinski definition) is 1. The summed E-state index contributed by atoms with van der Waals surface area (Å²) in [6, 6.07) is 6.17. The van der Waals surface area contributed by atoms with Crippen molar-refractivity contribution < 1.29 is 4.74 Å². The molecule has 0 aliphatic carbocycles. The van der Waals surface area contributed by atoms with Crippen molar-refractivity contribution in [2.45, 2.75) is 25.8 Å². The van der Waals surface area contributed by atoms with Crippen LogP contribution < -0.4 is 10.5 Å². The van der Waals surface area contributed by atoms with Gasteiger partial charge in [0.2, 0.25) is 0 Å². The Morgan fingerprint density at radius 3 is 2.90 bits per heavy atom. The van der Waals surface area contributed by atoms with Crippen LogP contribution in [0.2, 0.25) is 0 Å². The SMILES string of the molecule is CC(N)Cc1cccc(Br)c1OCCc1nccn1C. The number of aryl methyl sites for hydroxylation is 1. The van der Waals surface area contributed by atoms with Crippen molar-refractivity contribution in [3.05, 3.63) is 46.5 Å². The smallest absolute Gasteiger partial charge is 0.136 e. The molecule has 0 saturated heterocycles. The fourth-order valence-corrected chi connectivity index (χ4v) is 2.63. The molecule has 5 heteroatoms. The molecule has 0 amide bonds. The molecule has 0 aliphatic rings. The zero-order chi connectivity index (χ0) is 14.5. The van der Waals surface area contributed by atoms with E-state index in [0.29, 0.717) is 6.61 Å². The van der Waals surface area contributed by atoms with Gasteiger partial charge in [-0.3, -0.25) is 0 Å². The lowest BCUT2D eigenvalue weighted by molar-refractivity contribution is 0.311. The summed E-state index contributed by atoms with van der Waals surface area (Å²) in [5.41, 5.74) is 7.02. The minimum atomic E-state index is 0.112. The van der Waals surface area contributed by atoms with E-state index in [1.807, 2.05) is 36.9 Å². The lowest BCUT2D eigenvalue weighted by Crippen LogP contribution is -2.18. The second kappa shape index (κ2) is 6.90. The van der Waals surface area contributed by atoms with Gasteiger partial charge in [0, 0.05) is 31.9 Å². The Morgan fingerprint density at radius 2 is 2.25 bits per heavy atom. The number of benzene rings is 1. The predicted molar refractivity (Wildman–Crippen MR) is 83.9 cm³/mol. The molecule has 1 aromatic carbocycles. The van der Waals surface area contributed by atoms with E-state index in [1.54, 1.807) is 6.20 Å². The van der Waals surface area contributed by atoms with Crippen LogP contribution in [-0.4, -0.2) is 22.2 Å². The lowest BCUT2D eigenvalue weighted by Gasteiger charge is -2.14. The Labute approximate surface area is 128 Å². The fourth-order valence-electron chi connectivity index (χ4n) is 2.10. The number of para-hydroxylation sites is 1. The highest BCUT2D eigenvalue weighted by atomic mass is 79.9. The van der Waals surface area contributed by atoms with Crippen LogP contribution >= 0.6 is 15.9 Å². The Kier molecular flexibility index (Phi) is 5.20. The van der Waals surface area contributed by atoms with Crippen LogP contribution in [-0.2, 0) is 19.9 Å². The van der Waals surface area contributed by atoms with Gasteiger partial charge in [-0.2, -0.15) is 0 Å². The van der Waals surface area contributed by atoms with Crippen LogP contribution in [0.4, 0.5) is 0 Å². The van der Waals surface area contributed by atoms with Gasteiger partial charge in [0.1, 0.15) is 11.6 Å². The van der Waals surface area contributed by atoms with E-state index in [1.165, 1.54) is 0 Å². The molecule has 1 atom stereocenters. The summed E-state index contributed by atoms with van der Waals surface area (Å²) < 4.78 is 8.92. The topological polar surface area (TPSA) is 53.1 Å². The third kappa shape index (κ3) is 3.84. The fraction of sp³-hybridized carbons (Fsp3) is 0.400. The van der Waals surface area contributed by atoms with Gasteiger partial charge in [0.15, 0.2) is 0 Å². The van der Waals surface area contributed by atoms with Gasteiger partial charge in [-0.1, -0.05) is 12.1 Å². The van der Waals surface area contributed by atoms with Crippen LogP contribution in [0.3, 0.4) is 0 Å². The number of halogens is 1. The second-order valence-electron chi connectivity index (χ2n) is 4.96. The maximum Gasteiger partial charge on any atom is 0.136 e. The first-order valence-corrected chi connectivity index (χ1v) is 7.49. The number of nitrogens with zero attached hydrogens (tertiary/aromatic N) is 2. The first kappa shape index (κ1) is 15.1. The molecule has 1 aromatic heterocycles. The highest BCUT2D eigenvalue weighted by Gasteiger charge is 2.10. The predicted octanol–water partition coefficient (Wildman–Crippen LogP) is 2.69. The second-order valence-corrected chi connectivity index (χ2v) is 5.82. The van der Waals surface area contributed by atoms with Crippen molar-refractivity contribution >= 4 is 15.9 Å². The van der Waals surface area contributed by atoms with Gasteiger partial charge in [-0.25, -0.2) is 4.98 Å². The Hall–Kier alpha value is -1.33. The summed E-state index contributed by atoms with van der Waals surface area (Å²) in [6.45, 7) is 2.60. The zero-order valence-electron chi connectivity index (χ0n) is 11.8. The molecule has 0 bridgehead atoms. The van der Waals surface area contributed by atoms with Gasteiger partial charge >= 0.3 is 0 Å². The largest absolute Gasteiger partial charge is 0.492 e. The first-order chi connectivity index (χ1) is 9.58. The third-order valence-corrected chi connectivity index (χ3v) is 3.71. The normalized spacial score (nSPS) is 12.4. The zero-order valence-corrected chi connectivity index (χ0v) is 13.4. The molecule has 4 nitrogen and oxygen atoms in total. The van der Waals surface area contributed by atoms with Crippen molar-refractivity contribution in [1.29, 1.82) is 0 Å².